The highest BCUT2D eigenvalue weighted by Crippen LogP contribution is 1.81. The Morgan fingerprint density at radius 2 is 1.70 bits per heavy atom. The molecule has 0 N–H and O–H groups in total. The summed E-state index contributed by atoms with van der Waals surface area (Å²) in [5.74, 6) is 0.190. The summed E-state index contributed by atoms with van der Waals surface area (Å²) in [7, 11) is 0. The van der Waals surface area contributed by atoms with Crippen molar-refractivity contribution in [2.45, 2.75) is 13.8 Å². The molecule has 0 unspecified atom stereocenters. The van der Waals surface area contributed by atoms with Crippen LogP contribution in [0, 0.1) is 17.2 Å². The summed E-state index contributed by atoms with van der Waals surface area (Å²) in [5, 5.41) is 7.89. The predicted octanol–water partition coefficient (Wildman–Crippen LogP) is 2.46. The zero-order valence-corrected chi connectivity index (χ0v) is 6.50. The largest absolute Gasteiger partial charge is 0.474 e. The molecule has 0 radical (unpaired) electrons. The minimum absolute atomic E-state index is 0.190. The molecule has 0 aliphatic rings. The molecule has 0 saturated carbocycles. The summed E-state index contributed by atoms with van der Waals surface area (Å²) in [6.07, 6.45) is 2.62. The van der Waals surface area contributed by atoms with Crippen LogP contribution in [0.2, 0.25) is 0 Å². The summed E-state index contributed by atoms with van der Waals surface area (Å²) < 4.78 is 4.36. The molecular formula is C8H13NO. The highest BCUT2D eigenvalue weighted by Gasteiger charge is 1.78. The normalized spacial score (nSPS) is 6.60. The molecule has 0 atom stereocenters. The number of nitriles is 1. The highest BCUT2D eigenvalue weighted by atomic mass is 16.5. The second kappa shape index (κ2) is 10.7. The molecule has 0 fully saturated rings. The van der Waals surface area contributed by atoms with Crippen molar-refractivity contribution in [3.05, 3.63) is 25.7 Å². The van der Waals surface area contributed by atoms with Gasteiger partial charge in [0.05, 0.1) is 18.6 Å². The first-order valence-electron chi connectivity index (χ1n) is 2.95. The number of rotatable bonds is 2. The van der Waals surface area contributed by atoms with E-state index < -0.39 is 0 Å². The molecule has 0 aromatic heterocycles. The van der Waals surface area contributed by atoms with Gasteiger partial charge < -0.3 is 4.74 Å². The maximum absolute atomic E-state index is 7.89. The van der Waals surface area contributed by atoms with Gasteiger partial charge in [-0.1, -0.05) is 13.2 Å². The highest BCUT2D eigenvalue weighted by molar-refractivity contribution is 4.72. The zero-order valence-electron chi connectivity index (χ0n) is 6.50. The summed E-state index contributed by atoms with van der Waals surface area (Å²) >= 11 is 0. The molecule has 2 heteroatoms. The predicted molar refractivity (Wildman–Crippen MR) is 41.9 cm³/mol. The smallest absolute Gasteiger partial charge is 0.0829 e. The maximum atomic E-state index is 7.89. The molecule has 10 heavy (non-hydrogen) atoms. The SMILES string of the molecule is C=COC=C.CC(C)C#N. The van der Waals surface area contributed by atoms with Gasteiger partial charge in [-0.15, -0.1) is 0 Å². The summed E-state index contributed by atoms with van der Waals surface area (Å²) in [6.45, 7) is 10.2. The number of ether oxygens (including phenoxy) is 1. The number of nitrogens with zero attached hydrogens (tertiary/aromatic N) is 1. The van der Waals surface area contributed by atoms with Crippen molar-refractivity contribution in [1.82, 2.24) is 0 Å². The number of hydrogen-bond acceptors (Lipinski definition) is 2. The van der Waals surface area contributed by atoms with Crippen LogP contribution in [-0.4, -0.2) is 0 Å². The Morgan fingerprint density at radius 3 is 1.70 bits per heavy atom. The molecule has 0 spiro atoms. The van der Waals surface area contributed by atoms with E-state index in [2.05, 4.69) is 17.9 Å². The first-order valence-corrected chi connectivity index (χ1v) is 2.95. The van der Waals surface area contributed by atoms with Gasteiger partial charge in [-0.25, -0.2) is 0 Å². The van der Waals surface area contributed by atoms with Gasteiger partial charge >= 0.3 is 0 Å². The Balaban J connectivity index is 0. The van der Waals surface area contributed by atoms with Crippen LogP contribution < -0.4 is 0 Å². The van der Waals surface area contributed by atoms with Crippen LogP contribution in [0.4, 0.5) is 0 Å². The molecule has 0 aliphatic carbocycles. The van der Waals surface area contributed by atoms with E-state index in [1.165, 1.54) is 12.5 Å². The molecule has 56 valence electrons. The fourth-order valence-corrected chi connectivity index (χ4v) is 0.0680. The Morgan fingerprint density at radius 1 is 1.40 bits per heavy atom. The lowest BCUT2D eigenvalue weighted by molar-refractivity contribution is 0.406. The van der Waals surface area contributed by atoms with Crippen LogP contribution >= 0.6 is 0 Å². The molecular weight excluding hydrogens is 126 g/mol. The maximum Gasteiger partial charge on any atom is 0.0829 e. The van der Waals surface area contributed by atoms with Gasteiger partial charge in [-0.2, -0.15) is 5.26 Å². The summed E-state index contributed by atoms with van der Waals surface area (Å²) in [4.78, 5) is 0. The molecule has 0 heterocycles. The van der Waals surface area contributed by atoms with Gasteiger partial charge in [0, 0.05) is 5.92 Å². The van der Waals surface area contributed by atoms with Crippen LogP contribution in [0.25, 0.3) is 0 Å². The van der Waals surface area contributed by atoms with Crippen molar-refractivity contribution in [3.8, 4) is 6.07 Å². The van der Waals surface area contributed by atoms with Crippen molar-refractivity contribution in [1.29, 1.82) is 5.26 Å². The molecule has 0 saturated heterocycles. The van der Waals surface area contributed by atoms with E-state index in [0.29, 0.717) is 0 Å². The third-order valence-electron chi connectivity index (χ3n) is 0.451. The average molecular weight is 139 g/mol. The van der Waals surface area contributed by atoms with Gasteiger partial charge in [-0.05, 0) is 13.8 Å². The minimum Gasteiger partial charge on any atom is -0.474 e. The van der Waals surface area contributed by atoms with Crippen molar-refractivity contribution >= 4 is 0 Å². The minimum atomic E-state index is 0.190. The standard InChI is InChI=1S/C4H7N.C4H6O/c1-4(2)3-5;1-3-5-4-2/h4H,1-2H3;3-4H,1-2H2. The lowest BCUT2D eigenvalue weighted by Gasteiger charge is -1.76. The van der Waals surface area contributed by atoms with Crippen LogP contribution in [0.3, 0.4) is 0 Å². The van der Waals surface area contributed by atoms with E-state index in [1.807, 2.05) is 19.9 Å². The van der Waals surface area contributed by atoms with E-state index in [0.717, 1.165) is 0 Å². The van der Waals surface area contributed by atoms with Crippen LogP contribution in [-0.2, 0) is 4.74 Å². The Bertz CT molecular complexity index is 116. The van der Waals surface area contributed by atoms with Crippen LogP contribution in [0.1, 0.15) is 13.8 Å². The van der Waals surface area contributed by atoms with Gasteiger partial charge in [0.25, 0.3) is 0 Å². The Hall–Kier alpha value is -1.23. The third-order valence-corrected chi connectivity index (χ3v) is 0.451. The van der Waals surface area contributed by atoms with Gasteiger partial charge in [0.1, 0.15) is 0 Å². The third kappa shape index (κ3) is 29.4. The van der Waals surface area contributed by atoms with Crippen molar-refractivity contribution in [2.24, 2.45) is 5.92 Å². The first kappa shape index (κ1) is 11.6. The zero-order chi connectivity index (χ0) is 8.41. The van der Waals surface area contributed by atoms with Crippen molar-refractivity contribution in [2.75, 3.05) is 0 Å². The number of hydrogen-bond donors (Lipinski definition) is 0. The van der Waals surface area contributed by atoms with Gasteiger partial charge in [-0.3, -0.25) is 0 Å². The van der Waals surface area contributed by atoms with E-state index in [-0.39, 0.29) is 5.92 Å². The average Bonchev–Trinajstić information content (AvgIpc) is 1.91. The van der Waals surface area contributed by atoms with E-state index >= 15 is 0 Å². The Labute approximate surface area is 62.4 Å². The quantitative estimate of drug-likeness (QED) is 0.550. The topological polar surface area (TPSA) is 33.0 Å². The van der Waals surface area contributed by atoms with E-state index in [1.54, 1.807) is 0 Å². The van der Waals surface area contributed by atoms with Crippen molar-refractivity contribution < 1.29 is 4.74 Å². The molecule has 2 nitrogen and oxygen atoms in total. The first-order chi connectivity index (χ1) is 4.68. The second-order valence-corrected chi connectivity index (χ2v) is 1.75. The fraction of sp³-hybridized carbons (Fsp3) is 0.375. The van der Waals surface area contributed by atoms with Crippen molar-refractivity contribution in [3.63, 3.8) is 0 Å². The molecule has 0 aromatic rings. The van der Waals surface area contributed by atoms with Crippen LogP contribution in [0.15, 0.2) is 25.7 Å². The summed E-state index contributed by atoms with van der Waals surface area (Å²) in [5.41, 5.74) is 0. The van der Waals surface area contributed by atoms with Crippen LogP contribution in [0.5, 0.6) is 0 Å². The van der Waals surface area contributed by atoms with E-state index in [4.69, 9.17) is 5.26 Å². The molecule has 0 aliphatic heterocycles. The Kier molecular flexibility index (Phi) is 12.4. The lowest BCUT2D eigenvalue weighted by Crippen LogP contribution is -1.72. The van der Waals surface area contributed by atoms with Gasteiger partial charge in [0.2, 0.25) is 0 Å². The molecule has 0 aromatic carbocycles. The molecule has 0 rings (SSSR count). The molecule has 0 amide bonds. The monoisotopic (exact) mass is 139 g/mol. The molecule has 0 bridgehead atoms. The second-order valence-electron chi connectivity index (χ2n) is 1.75. The van der Waals surface area contributed by atoms with E-state index in [9.17, 15) is 0 Å². The summed E-state index contributed by atoms with van der Waals surface area (Å²) in [6, 6.07) is 2.03. The lowest BCUT2D eigenvalue weighted by atomic mass is 10.3. The van der Waals surface area contributed by atoms with Gasteiger partial charge in [0.15, 0.2) is 0 Å². The fourth-order valence-electron chi connectivity index (χ4n) is 0.0680.